The molecule has 0 unspecified atom stereocenters. The number of hydrogen-bond acceptors (Lipinski definition) is 3. The predicted octanol–water partition coefficient (Wildman–Crippen LogP) is 2.67. The molecule has 76 valence electrons. The van der Waals surface area contributed by atoms with Crippen LogP contribution in [0, 0.1) is 0 Å². The Morgan fingerprint density at radius 1 is 1.36 bits per heavy atom. The second-order valence-corrected chi connectivity index (χ2v) is 4.16. The highest BCUT2D eigenvalue weighted by Crippen LogP contribution is 2.23. The van der Waals surface area contributed by atoms with Gasteiger partial charge in [0.1, 0.15) is 11.6 Å². The van der Waals surface area contributed by atoms with Crippen molar-refractivity contribution in [1.82, 2.24) is 4.98 Å². The van der Waals surface area contributed by atoms with Crippen LogP contribution in [0.25, 0.3) is 0 Å². The van der Waals surface area contributed by atoms with Gasteiger partial charge in [0.05, 0.1) is 0 Å². The number of nitrogens with one attached hydrogen (secondary N) is 1. The van der Waals surface area contributed by atoms with Gasteiger partial charge in [-0.2, -0.15) is 0 Å². The molecule has 0 saturated heterocycles. The summed E-state index contributed by atoms with van der Waals surface area (Å²) in [6, 6.07) is 4.01. The molecule has 0 radical (unpaired) electrons. The number of halogens is 1. The maximum absolute atomic E-state index is 5.88. The lowest BCUT2D eigenvalue weighted by atomic mass is 10.2. The molecule has 1 saturated carbocycles. The van der Waals surface area contributed by atoms with Crippen molar-refractivity contribution >= 4 is 23.2 Å². The van der Waals surface area contributed by atoms with Crippen molar-refractivity contribution in [3.63, 3.8) is 0 Å². The first-order valence-corrected chi connectivity index (χ1v) is 5.31. The number of nitrogens with zero attached hydrogens (tertiary/aromatic N) is 1. The second-order valence-electron chi connectivity index (χ2n) is 3.72. The molecule has 1 aromatic heterocycles. The average molecular weight is 212 g/mol. The quantitative estimate of drug-likeness (QED) is 0.791. The van der Waals surface area contributed by atoms with Crippen LogP contribution in [-0.2, 0) is 0 Å². The van der Waals surface area contributed by atoms with Crippen LogP contribution >= 0.6 is 11.6 Å². The number of nitrogens with two attached hydrogens (primary N) is 1. The van der Waals surface area contributed by atoms with Crippen LogP contribution in [0.4, 0.5) is 11.6 Å². The van der Waals surface area contributed by atoms with Gasteiger partial charge in [-0.3, -0.25) is 0 Å². The number of nitrogen functional groups attached to an aromatic ring is 1. The van der Waals surface area contributed by atoms with Crippen molar-refractivity contribution in [2.24, 2.45) is 0 Å². The first-order valence-electron chi connectivity index (χ1n) is 4.93. The van der Waals surface area contributed by atoms with Gasteiger partial charge in [0.2, 0.25) is 0 Å². The molecular weight excluding hydrogens is 198 g/mol. The molecule has 0 spiro atoms. The van der Waals surface area contributed by atoms with Crippen molar-refractivity contribution in [2.45, 2.75) is 31.7 Å². The number of rotatable bonds is 2. The van der Waals surface area contributed by atoms with Crippen molar-refractivity contribution < 1.29 is 0 Å². The molecule has 14 heavy (non-hydrogen) atoms. The van der Waals surface area contributed by atoms with Crippen LogP contribution < -0.4 is 11.1 Å². The maximum atomic E-state index is 5.88. The topological polar surface area (TPSA) is 50.9 Å². The minimum absolute atomic E-state index is 0.470. The van der Waals surface area contributed by atoms with E-state index in [1.165, 1.54) is 25.7 Å². The van der Waals surface area contributed by atoms with E-state index < -0.39 is 0 Å². The molecular formula is C10H14ClN3. The standard InChI is InChI=1S/C10H14ClN3/c11-7-5-9(12)14-10(6-7)13-8-3-1-2-4-8/h5-6,8H,1-4H2,(H3,12,13,14). The van der Waals surface area contributed by atoms with Crippen LogP contribution in [0.15, 0.2) is 12.1 Å². The number of hydrogen-bond donors (Lipinski definition) is 2. The number of pyridine rings is 1. The van der Waals surface area contributed by atoms with E-state index in [0.717, 1.165) is 5.82 Å². The summed E-state index contributed by atoms with van der Waals surface area (Å²) in [5.74, 6) is 1.26. The lowest BCUT2D eigenvalue weighted by Gasteiger charge is -2.12. The third kappa shape index (κ3) is 2.29. The normalized spacial score (nSPS) is 17.2. The van der Waals surface area contributed by atoms with E-state index in [4.69, 9.17) is 17.3 Å². The monoisotopic (exact) mass is 211 g/mol. The molecule has 0 amide bonds. The zero-order valence-corrected chi connectivity index (χ0v) is 8.72. The van der Waals surface area contributed by atoms with Gasteiger partial charge in [0.15, 0.2) is 0 Å². The van der Waals surface area contributed by atoms with Gasteiger partial charge in [-0.15, -0.1) is 0 Å². The largest absolute Gasteiger partial charge is 0.384 e. The molecule has 1 aromatic rings. The fourth-order valence-corrected chi connectivity index (χ4v) is 2.09. The Hall–Kier alpha value is -0.960. The Kier molecular flexibility index (Phi) is 2.77. The molecule has 0 bridgehead atoms. The molecule has 1 aliphatic rings. The van der Waals surface area contributed by atoms with Gasteiger partial charge in [0, 0.05) is 11.1 Å². The molecule has 4 heteroatoms. The number of aromatic nitrogens is 1. The molecule has 1 fully saturated rings. The van der Waals surface area contributed by atoms with E-state index in [1.54, 1.807) is 6.07 Å². The van der Waals surface area contributed by atoms with Gasteiger partial charge >= 0.3 is 0 Å². The Morgan fingerprint density at radius 2 is 2.07 bits per heavy atom. The Labute approximate surface area is 88.7 Å². The molecule has 0 aromatic carbocycles. The van der Waals surface area contributed by atoms with E-state index >= 15 is 0 Å². The fourth-order valence-electron chi connectivity index (χ4n) is 1.87. The maximum Gasteiger partial charge on any atom is 0.130 e. The second kappa shape index (κ2) is 4.05. The summed E-state index contributed by atoms with van der Waals surface area (Å²) in [5.41, 5.74) is 5.60. The molecule has 3 N–H and O–H groups in total. The van der Waals surface area contributed by atoms with Crippen molar-refractivity contribution in [1.29, 1.82) is 0 Å². The SMILES string of the molecule is Nc1cc(Cl)cc(NC2CCCC2)n1. The lowest BCUT2D eigenvalue weighted by molar-refractivity contribution is 0.751. The van der Waals surface area contributed by atoms with Crippen LogP contribution in [0.2, 0.25) is 5.02 Å². The van der Waals surface area contributed by atoms with Crippen LogP contribution in [0.1, 0.15) is 25.7 Å². The third-order valence-electron chi connectivity index (χ3n) is 2.52. The summed E-state index contributed by atoms with van der Waals surface area (Å²) < 4.78 is 0. The highest BCUT2D eigenvalue weighted by molar-refractivity contribution is 6.31. The summed E-state index contributed by atoms with van der Waals surface area (Å²) in [4.78, 5) is 4.18. The van der Waals surface area contributed by atoms with Gasteiger partial charge in [-0.05, 0) is 25.0 Å². The summed E-state index contributed by atoms with van der Waals surface area (Å²) in [6.07, 6.45) is 5.03. The molecule has 3 nitrogen and oxygen atoms in total. The van der Waals surface area contributed by atoms with Crippen molar-refractivity contribution in [2.75, 3.05) is 11.1 Å². The first-order chi connectivity index (χ1) is 6.74. The van der Waals surface area contributed by atoms with Gasteiger partial charge in [-0.1, -0.05) is 24.4 Å². The van der Waals surface area contributed by atoms with Crippen LogP contribution in [0.3, 0.4) is 0 Å². The highest BCUT2D eigenvalue weighted by Gasteiger charge is 2.15. The summed E-state index contributed by atoms with van der Waals surface area (Å²) in [5, 5.41) is 3.98. The lowest BCUT2D eigenvalue weighted by Crippen LogP contribution is -2.15. The zero-order chi connectivity index (χ0) is 9.97. The van der Waals surface area contributed by atoms with Gasteiger partial charge < -0.3 is 11.1 Å². The highest BCUT2D eigenvalue weighted by atomic mass is 35.5. The molecule has 2 rings (SSSR count). The van der Waals surface area contributed by atoms with Crippen molar-refractivity contribution in [3.8, 4) is 0 Å². The Balaban J connectivity index is 2.07. The molecule has 0 aliphatic heterocycles. The van der Waals surface area contributed by atoms with E-state index in [9.17, 15) is 0 Å². The smallest absolute Gasteiger partial charge is 0.130 e. The minimum atomic E-state index is 0.470. The van der Waals surface area contributed by atoms with Crippen LogP contribution in [-0.4, -0.2) is 11.0 Å². The van der Waals surface area contributed by atoms with Crippen LogP contribution in [0.5, 0.6) is 0 Å². The summed E-state index contributed by atoms with van der Waals surface area (Å²) in [7, 11) is 0. The van der Waals surface area contributed by atoms with E-state index in [1.807, 2.05) is 6.07 Å². The first kappa shape index (κ1) is 9.59. The van der Waals surface area contributed by atoms with E-state index in [0.29, 0.717) is 16.9 Å². The Morgan fingerprint density at radius 3 is 2.71 bits per heavy atom. The van der Waals surface area contributed by atoms with E-state index in [-0.39, 0.29) is 0 Å². The number of anilines is 2. The zero-order valence-electron chi connectivity index (χ0n) is 7.96. The summed E-state index contributed by atoms with van der Waals surface area (Å²) in [6.45, 7) is 0. The minimum Gasteiger partial charge on any atom is -0.384 e. The fraction of sp³-hybridized carbons (Fsp3) is 0.500. The van der Waals surface area contributed by atoms with Gasteiger partial charge in [0.25, 0.3) is 0 Å². The third-order valence-corrected chi connectivity index (χ3v) is 2.74. The Bertz CT molecular complexity index is 301. The molecule has 0 atom stereocenters. The summed E-state index contributed by atoms with van der Waals surface area (Å²) >= 11 is 5.88. The van der Waals surface area contributed by atoms with Gasteiger partial charge in [-0.25, -0.2) is 4.98 Å². The predicted molar refractivity (Wildman–Crippen MR) is 59.5 cm³/mol. The average Bonchev–Trinajstić information content (AvgIpc) is 2.54. The van der Waals surface area contributed by atoms with E-state index in [2.05, 4.69) is 10.3 Å². The molecule has 1 heterocycles. The van der Waals surface area contributed by atoms with Crippen molar-refractivity contribution in [3.05, 3.63) is 17.2 Å². The molecule has 1 aliphatic carbocycles.